The quantitative estimate of drug-likeness (QED) is 0.375. The molecule has 9 nitrogen and oxygen atoms in total. The Balaban J connectivity index is 1.54. The molecule has 1 aliphatic heterocycles. The maximum absolute atomic E-state index is 11.2. The van der Waals surface area contributed by atoms with Crippen LogP contribution in [0.5, 0.6) is 0 Å². The number of hydrogen-bond acceptors (Lipinski definition) is 8. The van der Waals surface area contributed by atoms with E-state index in [0.717, 1.165) is 26.8 Å². The van der Waals surface area contributed by atoms with Gasteiger partial charge in [-0.3, -0.25) is 4.72 Å². The third-order valence-corrected chi connectivity index (χ3v) is 6.67. The molecule has 1 aromatic heterocycles. The third-order valence-electron chi connectivity index (χ3n) is 4.98. The van der Waals surface area contributed by atoms with Crippen LogP contribution >= 0.6 is 23.4 Å². The summed E-state index contributed by atoms with van der Waals surface area (Å²) in [5.74, 6) is 0.438. The van der Waals surface area contributed by atoms with E-state index in [1.807, 2.05) is 24.3 Å². The molecule has 0 saturated carbocycles. The van der Waals surface area contributed by atoms with E-state index in [1.165, 1.54) is 11.8 Å². The molecule has 4 aromatic rings. The summed E-state index contributed by atoms with van der Waals surface area (Å²) in [5.41, 5.74) is 9.13. The minimum atomic E-state index is -3.84. The van der Waals surface area contributed by atoms with Gasteiger partial charge in [-0.15, -0.1) is 0 Å². The zero-order chi connectivity index (χ0) is 23.2. The zero-order valence-electron chi connectivity index (χ0n) is 16.9. The Morgan fingerprint density at radius 2 is 1.79 bits per heavy atom. The van der Waals surface area contributed by atoms with Gasteiger partial charge in [0.05, 0.1) is 18.2 Å². The van der Waals surface area contributed by atoms with E-state index in [-0.39, 0.29) is 5.95 Å². The minimum absolute atomic E-state index is 0.0647. The molecule has 0 aliphatic carbocycles. The first-order chi connectivity index (χ1) is 15.8. The van der Waals surface area contributed by atoms with Crippen LogP contribution in [0.15, 0.2) is 58.6 Å². The van der Waals surface area contributed by atoms with Gasteiger partial charge in [0.1, 0.15) is 0 Å². The van der Waals surface area contributed by atoms with Gasteiger partial charge in [0.2, 0.25) is 5.95 Å². The number of halogens is 1. The molecule has 5 N–H and O–H groups in total. The van der Waals surface area contributed by atoms with Crippen LogP contribution in [0.2, 0.25) is 5.02 Å². The number of nitrogens with zero attached hydrogens (tertiary/aromatic N) is 3. The van der Waals surface area contributed by atoms with Crippen molar-refractivity contribution >= 4 is 56.0 Å². The van der Waals surface area contributed by atoms with E-state index in [1.54, 1.807) is 24.3 Å². The van der Waals surface area contributed by atoms with E-state index in [4.69, 9.17) is 27.2 Å². The number of anilines is 2. The first kappa shape index (κ1) is 21.9. The molecule has 0 amide bonds. The van der Waals surface area contributed by atoms with Gasteiger partial charge < -0.3 is 10.5 Å². The molecule has 5 rings (SSSR count). The summed E-state index contributed by atoms with van der Waals surface area (Å²) in [6, 6.07) is 14.4. The molecule has 0 atom stereocenters. The Bertz CT molecular complexity index is 1500. The average Bonchev–Trinajstić information content (AvgIpc) is 2.74. The van der Waals surface area contributed by atoms with Crippen LogP contribution in [0, 0.1) is 0 Å². The number of rotatable bonds is 5. The number of ether oxygens (including phenoxy) is 1. The summed E-state index contributed by atoms with van der Waals surface area (Å²) in [6.45, 7) is 1.02. The molecule has 0 spiro atoms. The molecule has 0 fully saturated rings. The number of nitrogens with one attached hydrogen (secondary N) is 1. The maximum Gasteiger partial charge on any atom is 0.296 e. The Morgan fingerprint density at radius 3 is 2.55 bits per heavy atom. The highest BCUT2D eigenvalue weighted by Crippen LogP contribution is 2.40. The topological polar surface area (TPSA) is 146 Å². The molecular weight excluding hydrogens is 484 g/mol. The van der Waals surface area contributed by atoms with Crippen molar-refractivity contribution in [3.63, 3.8) is 0 Å². The summed E-state index contributed by atoms with van der Waals surface area (Å²) in [6.07, 6.45) is 0. The second-order valence-corrected chi connectivity index (χ2v) is 10.0. The van der Waals surface area contributed by atoms with E-state index in [9.17, 15) is 8.42 Å². The lowest BCUT2D eigenvalue weighted by atomic mass is 9.94. The average molecular weight is 501 g/mol. The highest BCUT2D eigenvalue weighted by Gasteiger charge is 2.21. The van der Waals surface area contributed by atoms with Crippen LogP contribution in [0.3, 0.4) is 0 Å². The second-order valence-electron chi connectivity index (χ2n) is 7.30. The number of nitrogen functional groups attached to an aromatic ring is 1. The maximum atomic E-state index is 11.2. The number of hydrogen-bond donors (Lipinski definition) is 3. The fraction of sp³-hybridized carbons (Fsp3) is 0.0952. The molecule has 1 aliphatic rings. The van der Waals surface area contributed by atoms with Crippen molar-refractivity contribution in [1.29, 1.82) is 0 Å². The molecule has 0 bridgehead atoms. The Kier molecular flexibility index (Phi) is 5.59. The van der Waals surface area contributed by atoms with Gasteiger partial charge in [0, 0.05) is 16.1 Å². The molecule has 2 heterocycles. The Hall–Kier alpha value is -2.96. The highest BCUT2D eigenvalue weighted by atomic mass is 35.5. The summed E-state index contributed by atoms with van der Waals surface area (Å²) in [4.78, 5) is 14.0. The second kappa shape index (κ2) is 8.43. The van der Waals surface area contributed by atoms with Crippen molar-refractivity contribution in [2.45, 2.75) is 23.3 Å². The number of benzene rings is 3. The largest absolute Gasteiger partial charge is 0.372 e. The predicted molar refractivity (Wildman–Crippen MR) is 128 cm³/mol. The molecule has 168 valence electrons. The molecule has 3 aromatic carbocycles. The third kappa shape index (κ3) is 4.59. The van der Waals surface area contributed by atoms with Gasteiger partial charge in [0.25, 0.3) is 10.2 Å². The summed E-state index contributed by atoms with van der Waals surface area (Å²) < 4.78 is 30.2. The van der Waals surface area contributed by atoms with Crippen LogP contribution in [0.25, 0.3) is 22.2 Å². The summed E-state index contributed by atoms with van der Waals surface area (Å²) >= 11 is 7.92. The van der Waals surface area contributed by atoms with Crippen LogP contribution < -0.4 is 15.6 Å². The highest BCUT2D eigenvalue weighted by molar-refractivity contribution is 7.99. The van der Waals surface area contributed by atoms with E-state index in [2.05, 4.69) is 19.7 Å². The van der Waals surface area contributed by atoms with Gasteiger partial charge in [0.15, 0.2) is 11.0 Å². The standard InChI is InChI=1S/C21H17ClN6O3S2/c22-16-8-12-10-31-9-11-2-1-3-15(17(11)12)18(16)19-25-20(23)27-21(26-19)32-14-6-4-13(5-7-14)28-33(24,29)30/h1-8,28H,9-10H2,(H2,24,29,30)(H2,23,25,26,27). The number of aromatic nitrogens is 3. The van der Waals surface area contributed by atoms with E-state index < -0.39 is 10.2 Å². The van der Waals surface area contributed by atoms with Crippen molar-refractivity contribution in [2.75, 3.05) is 10.5 Å². The monoisotopic (exact) mass is 500 g/mol. The molecule has 0 unspecified atom stereocenters. The SMILES string of the molecule is Nc1nc(Sc2ccc(NS(N)(=O)=O)cc2)nc(-c2c(Cl)cc3c4c(cccc24)COC3)n1. The summed E-state index contributed by atoms with van der Waals surface area (Å²) in [5, 5.41) is 7.90. The Labute approximate surface area is 198 Å². The fourth-order valence-corrected chi connectivity index (χ4v) is 5.27. The van der Waals surface area contributed by atoms with Crippen molar-refractivity contribution in [2.24, 2.45) is 5.14 Å². The minimum Gasteiger partial charge on any atom is -0.372 e. The zero-order valence-corrected chi connectivity index (χ0v) is 19.3. The van der Waals surface area contributed by atoms with Crippen LogP contribution in [0.4, 0.5) is 11.6 Å². The Morgan fingerprint density at radius 1 is 1.03 bits per heavy atom. The lowest BCUT2D eigenvalue weighted by molar-refractivity contribution is 0.103. The molecule has 0 radical (unpaired) electrons. The fourth-order valence-electron chi connectivity index (χ4n) is 3.74. The first-order valence-electron chi connectivity index (χ1n) is 9.68. The van der Waals surface area contributed by atoms with Crippen LogP contribution in [-0.4, -0.2) is 23.4 Å². The van der Waals surface area contributed by atoms with Gasteiger partial charge in [-0.1, -0.05) is 29.8 Å². The normalized spacial score (nSPS) is 13.3. The predicted octanol–water partition coefficient (Wildman–Crippen LogP) is 3.72. The van der Waals surface area contributed by atoms with E-state index in [0.29, 0.717) is 40.5 Å². The molecule has 12 heteroatoms. The van der Waals surface area contributed by atoms with Crippen molar-refractivity contribution in [3.8, 4) is 11.4 Å². The molecule has 0 saturated heterocycles. The van der Waals surface area contributed by atoms with E-state index >= 15 is 0 Å². The van der Waals surface area contributed by atoms with Crippen LogP contribution in [-0.2, 0) is 28.2 Å². The van der Waals surface area contributed by atoms with Gasteiger partial charge in [-0.2, -0.15) is 18.4 Å². The van der Waals surface area contributed by atoms with Gasteiger partial charge in [-0.05, 0) is 64.0 Å². The first-order valence-corrected chi connectivity index (χ1v) is 12.4. The molecule has 33 heavy (non-hydrogen) atoms. The van der Waals surface area contributed by atoms with Crippen molar-refractivity contribution < 1.29 is 13.2 Å². The van der Waals surface area contributed by atoms with Gasteiger partial charge in [-0.25, -0.2) is 10.1 Å². The molecular formula is C21H17ClN6O3S2. The lowest BCUT2D eigenvalue weighted by Gasteiger charge is -2.20. The lowest BCUT2D eigenvalue weighted by Crippen LogP contribution is -2.21. The van der Waals surface area contributed by atoms with Crippen molar-refractivity contribution in [3.05, 3.63) is 64.7 Å². The van der Waals surface area contributed by atoms with Crippen LogP contribution in [0.1, 0.15) is 11.1 Å². The number of nitrogens with two attached hydrogens (primary N) is 2. The van der Waals surface area contributed by atoms with Gasteiger partial charge >= 0.3 is 0 Å². The smallest absolute Gasteiger partial charge is 0.296 e. The summed E-state index contributed by atoms with van der Waals surface area (Å²) in [7, 11) is -3.84. The van der Waals surface area contributed by atoms with Crippen molar-refractivity contribution in [1.82, 2.24) is 15.0 Å².